The minimum atomic E-state index is -0.907. The van der Waals surface area contributed by atoms with Gasteiger partial charge in [0.25, 0.3) is 0 Å². The van der Waals surface area contributed by atoms with Crippen molar-refractivity contribution in [2.75, 3.05) is 12.0 Å². The van der Waals surface area contributed by atoms with E-state index in [9.17, 15) is 4.79 Å². The molecule has 108 valence electrons. The van der Waals surface area contributed by atoms with E-state index in [-0.39, 0.29) is 0 Å². The van der Waals surface area contributed by atoms with Crippen molar-refractivity contribution < 1.29 is 14.6 Å². The van der Waals surface area contributed by atoms with E-state index < -0.39 is 5.97 Å². The second-order valence-electron chi connectivity index (χ2n) is 4.96. The molecule has 0 fully saturated rings. The van der Waals surface area contributed by atoms with Gasteiger partial charge in [-0.1, -0.05) is 6.07 Å². The van der Waals surface area contributed by atoms with Crippen LogP contribution in [0, 0.1) is 6.92 Å². The van der Waals surface area contributed by atoms with Gasteiger partial charge in [-0.15, -0.1) is 0 Å². The largest absolute Gasteiger partial charge is 0.481 e. The van der Waals surface area contributed by atoms with Gasteiger partial charge < -0.3 is 14.7 Å². The molecule has 0 radical (unpaired) electrons. The van der Waals surface area contributed by atoms with Crippen molar-refractivity contribution in [1.29, 1.82) is 0 Å². The number of carbonyl (C=O) groups is 1. The Labute approximate surface area is 122 Å². The highest BCUT2D eigenvalue weighted by Crippen LogP contribution is 2.29. The van der Waals surface area contributed by atoms with Crippen molar-refractivity contribution in [3.8, 4) is 5.88 Å². The molecule has 1 aromatic heterocycles. The van der Waals surface area contributed by atoms with Crippen LogP contribution in [0.5, 0.6) is 5.88 Å². The van der Waals surface area contributed by atoms with Gasteiger partial charge in [-0.2, -0.15) is 4.98 Å². The molecule has 0 amide bonds. The average Bonchev–Trinajstić information content (AvgIpc) is 2.89. The SMILES string of the molecule is COc1cc(N2Cc3ccc(C(=O)O)cc3C2)nc(C)n1. The number of aromatic nitrogens is 2. The van der Waals surface area contributed by atoms with Gasteiger partial charge in [0.1, 0.15) is 11.6 Å². The molecule has 6 nitrogen and oxygen atoms in total. The summed E-state index contributed by atoms with van der Waals surface area (Å²) in [5.74, 6) is 1.05. The summed E-state index contributed by atoms with van der Waals surface area (Å²) in [4.78, 5) is 21.7. The van der Waals surface area contributed by atoms with Crippen LogP contribution in [-0.4, -0.2) is 28.2 Å². The van der Waals surface area contributed by atoms with Gasteiger partial charge in [0.2, 0.25) is 5.88 Å². The highest BCUT2D eigenvalue weighted by atomic mass is 16.5. The summed E-state index contributed by atoms with van der Waals surface area (Å²) in [7, 11) is 1.57. The first-order chi connectivity index (χ1) is 10.1. The number of rotatable bonds is 3. The number of anilines is 1. The smallest absolute Gasteiger partial charge is 0.335 e. The van der Waals surface area contributed by atoms with Crippen LogP contribution in [0.2, 0.25) is 0 Å². The van der Waals surface area contributed by atoms with Gasteiger partial charge in [-0.3, -0.25) is 0 Å². The van der Waals surface area contributed by atoms with E-state index in [0.717, 1.165) is 16.9 Å². The maximum absolute atomic E-state index is 11.0. The molecule has 3 rings (SSSR count). The van der Waals surface area contributed by atoms with E-state index in [4.69, 9.17) is 9.84 Å². The molecular weight excluding hydrogens is 270 g/mol. The maximum Gasteiger partial charge on any atom is 0.335 e. The minimum absolute atomic E-state index is 0.312. The number of methoxy groups -OCH3 is 1. The molecule has 0 spiro atoms. The Morgan fingerprint density at radius 3 is 2.71 bits per heavy atom. The zero-order chi connectivity index (χ0) is 15.0. The molecule has 6 heteroatoms. The summed E-state index contributed by atoms with van der Waals surface area (Å²) in [5, 5.41) is 9.05. The first-order valence-electron chi connectivity index (χ1n) is 6.56. The summed E-state index contributed by atoms with van der Waals surface area (Å²) in [6.45, 7) is 3.16. The monoisotopic (exact) mass is 285 g/mol. The molecule has 0 aliphatic carbocycles. The average molecular weight is 285 g/mol. The number of ether oxygens (including phenoxy) is 1. The second kappa shape index (κ2) is 5.05. The number of hydrogen-bond acceptors (Lipinski definition) is 5. The lowest BCUT2D eigenvalue weighted by Crippen LogP contribution is -2.16. The van der Waals surface area contributed by atoms with Crippen LogP contribution in [0.4, 0.5) is 5.82 Å². The predicted octanol–water partition coefficient (Wildman–Crippen LogP) is 2.01. The van der Waals surface area contributed by atoms with Gasteiger partial charge in [0.15, 0.2) is 0 Å². The van der Waals surface area contributed by atoms with Gasteiger partial charge in [0.05, 0.1) is 12.7 Å². The fraction of sp³-hybridized carbons (Fsp3) is 0.267. The lowest BCUT2D eigenvalue weighted by molar-refractivity contribution is 0.0697. The van der Waals surface area contributed by atoms with Gasteiger partial charge in [-0.05, 0) is 30.2 Å². The fourth-order valence-corrected chi connectivity index (χ4v) is 2.48. The minimum Gasteiger partial charge on any atom is -0.481 e. The molecule has 1 aliphatic rings. The van der Waals surface area contributed by atoms with Gasteiger partial charge >= 0.3 is 5.97 Å². The molecule has 1 N–H and O–H groups in total. The van der Waals surface area contributed by atoms with Crippen LogP contribution in [0.25, 0.3) is 0 Å². The Morgan fingerprint density at radius 2 is 2.00 bits per heavy atom. The molecular formula is C15H15N3O3. The van der Waals surface area contributed by atoms with Crippen molar-refractivity contribution in [3.63, 3.8) is 0 Å². The highest BCUT2D eigenvalue weighted by Gasteiger charge is 2.22. The predicted molar refractivity (Wildman–Crippen MR) is 76.6 cm³/mol. The standard InChI is InChI=1S/C15H15N3O3/c1-9-16-13(6-14(17-9)21-2)18-7-11-4-3-10(15(19)20)5-12(11)8-18/h3-6H,7-8H2,1-2H3,(H,19,20). The van der Waals surface area contributed by atoms with E-state index in [1.165, 1.54) is 0 Å². The number of benzene rings is 1. The third-order valence-electron chi connectivity index (χ3n) is 3.51. The topological polar surface area (TPSA) is 75.5 Å². The van der Waals surface area contributed by atoms with Crippen molar-refractivity contribution in [3.05, 3.63) is 46.8 Å². The molecule has 0 bridgehead atoms. The highest BCUT2D eigenvalue weighted by molar-refractivity contribution is 5.88. The number of carboxylic acids is 1. The summed E-state index contributed by atoms with van der Waals surface area (Å²) < 4.78 is 5.17. The Morgan fingerprint density at radius 1 is 1.24 bits per heavy atom. The third-order valence-corrected chi connectivity index (χ3v) is 3.51. The summed E-state index contributed by atoms with van der Waals surface area (Å²) in [5.41, 5.74) is 2.45. The van der Waals surface area contributed by atoms with Crippen molar-refractivity contribution in [2.45, 2.75) is 20.0 Å². The number of fused-ring (bicyclic) bond motifs is 1. The Bertz CT molecular complexity index is 715. The van der Waals surface area contributed by atoms with Gasteiger partial charge in [0, 0.05) is 19.2 Å². The van der Waals surface area contributed by atoms with E-state index in [1.807, 2.05) is 13.0 Å². The first kappa shape index (κ1) is 13.4. The summed E-state index contributed by atoms with van der Waals surface area (Å²) in [6.07, 6.45) is 0. The number of hydrogen-bond donors (Lipinski definition) is 1. The number of nitrogens with zero attached hydrogens (tertiary/aromatic N) is 3. The molecule has 1 aliphatic heterocycles. The number of aryl methyl sites for hydroxylation is 1. The maximum atomic E-state index is 11.0. The molecule has 0 saturated carbocycles. The second-order valence-corrected chi connectivity index (χ2v) is 4.96. The Balaban J connectivity index is 1.90. The van der Waals surface area contributed by atoms with Crippen LogP contribution >= 0.6 is 0 Å². The van der Waals surface area contributed by atoms with Crippen molar-refractivity contribution in [1.82, 2.24) is 9.97 Å². The van der Waals surface area contributed by atoms with E-state index in [1.54, 1.807) is 25.3 Å². The van der Waals surface area contributed by atoms with Crippen molar-refractivity contribution >= 4 is 11.8 Å². The fourth-order valence-electron chi connectivity index (χ4n) is 2.48. The normalized spacial score (nSPS) is 13.1. The van der Waals surface area contributed by atoms with Crippen LogP contribution < -0.4 is 9.64 Å². The number of carboxylic acid groups (broad SMARTS) is 1. The molecule has 1 aromatic carbocycles. The molecule has 0 saturated heterocycles. The van der Waals surface area contributed by atoms with Gasteiger partial charge in [-0.25, -0.2) is 9.78 Å². The van der Waals surface area contributed by atoms with Crippen LogP contribution in [0.15, 0.2) is 24.3 Å². The zero-order valence-electron chi connectivity index (χ0n) is 11.8. The Hall–Kier alpha value is -2.63. The Kier molecular flexibility index (Phi) is 3.21. The molecule has 21 heavy (non-hydrogen) atoms. The van der Waals surface area contributed by atoms with E-state index >= 15 is 0 Å². The lowest BCUT2D eigenvalue weighted by Gasteiger charge is -2.17. The molecule has 0 unspecified atom stereocenters. The van der Waals surface area contributed by atoms with Crippen LogP contribution in [0.3, 0.4) is 0 Å². The molecule has 2 aromatic rings. The molecule has 2 heterocycles. The zero-order valence-corrected chi connectivity index (χ0v) is 11.8. The van der Waals surface area contributed by atoms with Crippen LogP contribution in [0.1, 0.15) is 27.3 Å². The van der Waals surface area contributed by atoms with E-state index in [2.05, 4.69) is 14.9 Å². The third kappa shape index (κ3) is 2.52. The number of aromatic carboxylic acids is 1. The summed E-state index contributed by atoms with van der Waals surface area (Å²) >= 11 is 0. The summed E-state index contributed by atoms with van der Waals surface area (Å²) in [6, 6.07) is 7.01. The van der Waals surface area contributed by atoms with Crippen LogP contribution in [-0.2, 0) is 13.1 Å². The quantitative estimate of drug-likeness (QED) is 0.929. The van der Waals surface area contributed by atoms with Crippen molar-refractivity contribution in [2.24, 2.45) is 0 Å². The lowest BCUT2D eigenvalue weighted by atomic mass is 10.1. The molecule has 0 atom stereocenters. The first-order valence-corrected chi connectivity index (χ1v) is 6.56. The van der Waals surface area contributed by atoms with E-state index in [0.29, 0.717) is 30.4 Å².